The minimum atomic E-state index is -0.263. The summed E-state index contributed by atoms with van der Waals surface area (Å²) in [5, 5.41) is 5.70. The van der Waals surface area contributed by atoms with Gasteiger partial charge in [0.2, 0.25) is 0 Å². The van der Waals surface area contributed by atoms with E-state index in [1.54, 1.807) is 6.07 Å². The van der Waals surface area contributed by atoms with Gasteiger partial charge in [0.25, 0.3) is 11.8 Å². The zero-order chi connectivity index (χ0) is 19.9. The molecule has 27 heavy (non-hydrogen) atoms. The highest BCUT2D eigenvalue weighted by Gasteiger charge is 2.14. The Bertz CT molecular complexity index is 777. The van der Waals surface area contributed by atoms with Crippen molar-refractivity contribution in [1.82, 2.24) is 10.3 Å². The van der Waals surface area contributed by atoms with Crippen LogP contribution in [-0.2, 0) is 5.41 Å². The molecule has 0 aliphatic heterocycles. The number of amides is 2. The Morgan fingerprint density at radius 2 is 1.70 bits per heavy atom. The van der Waals surface area contributed by atoms with Gasteiger partial charge in [-0.15, -0.1) is 0 Å². The van der Waals surface area contributed by atoms with Gasteiger partial charge in [-0.25, -0.2) is 0 Å². The van der Waals surface area contributed by atoms with E-state index in [4.69, 9.17) is 0 Å². The van der Waals surface area contributed by atoms with Crippen LogP contribution >= 0.6 is 0 Å². The molecule has 5 nitrogen and oxygen atoms in total. The molecule has 1 heterocycles. The monoisotopic (exact) mass is 367 g/mol. The second-order valence-corrected chi connectivity index (χ2v) is 7.67. The first-order valence-electron chi connectivity index (χ1n) is 9.47. The molecule has 5 heteroatoms. The topological polar surface area (TPSA) is 71.1 Å². The highest BCUT2D eigenvalue weighted by atomic mass is 16.2. The Kier molecular flexibility index (Phi) is 7.11. The van der Waals surface area contributed by atoms with E-state index in [1.807, 2.05) is 24.3 Å². The van der Waals surface area contributed by atoms with E-state index >= 15 is 0 Å². The van der Waals surface area contributed by atoms with E-state index in [2.05, 4.69) is 43.3 Å². The summed E-state index contributed by atoms with van der Waals surface area (Å²) in [7, 11) is 0. The molecule has 2 amide bonds. The zero-order valence-corrected chi connectivity index (χ0v) is 16.6. The molecule has 0 bridgehead atoms. The normalized spacial score (nSPS) is 11.1. The Balaban J connectivity index is 2.01. The number of hydrogen-bond donors (Lipinski definition) is 2. The summed E-state index contributed by atoms with van der Waals surface area (Å²) in [4.78, 5) is 28.7. The van der Waals surface area contributed by atoms with Crippen molar-refractivity contribution in [2.75, 3.05) is 11.9 Å². The number of benzene rings is 1. The van der Waals surface area contributed by atoms with Crippen LogP contribution in [-0.4, -0.2) is 23.3 Å². The van der Waals surface area contributed by atoms with Crippen molar-refractivity contribution in [3.8, 4) is 0 Å². The van der Waals surface area contributed by atoms with Gasteiger partial charge < -0.3 is 10.6 Å². The largest absolute Gasteiger partial charge is 0.351 e. The van der Waals surface area contributed by atoms with Gasteiger partial charge in [-0.3, -0.25) is 14.6 Å². The van der Waals surface area contributed by atoms with E-state index in [1.165, 1.54) is 17.8 Å². The lowest BCUT2D eigenvalue weighted by atomic mass is 9.87. The number of rotatable bonds is 7. The van der Waals surface area contributed by atoms with Gasteiger partial charge in [0.15, 0.2) is 0 Å². The van der Waals surface area contributed by atoms with Gasteiger partial charge in [-0.1, -0.05) is 52.7 Å². The molecule has 0 saturated carbocycles. The maximum absolute atomic E-state index is 12.5. The van der Waals surface area contributed by atoms with Gasteiger partial charge in [-0.05, 0) is 41.7 Å². The quantitative estimate of drug-likeness (QED) is 0.705. The lowest BCUT2D eigenvalue weighted by Gasteiger charge is -2.19. The molecule has 1 aromatic carbocycles. The molecule has 144 valence electrons. The number of aromatic nitrogens is 1. The Labute approximate surface area is 161 Å². The van der Waals surface area contributed by atoms with Crippen LogP contribution in [0.3, 0.4) is 0 Å². The Morgan fingerprint density at radius 1 is 1.00 bits per heavy atom. The molecule has 2 aromatic rings. The van der Waals surface area contributed by atoms with Crippen LogP contribution in [0.2, 0.25) is 0 Å². The van der Waals surface area contributed by atoms with Gasteiger partial charge in [0.05, 0.1) is 0 Å². The van der Waals surface area contributed by atoms with Gasteiger partial charge in [0, 0.05) is 24.0 Å². The Hall–Kier alpha value is -2.69. The van der Waals surface area contributed by atoms with Crippen molar-refractivity contribution in [1.29, 1.82) is 0 Å². The number of nitrogens with zero attached hydrogens (tertiary/aromatic N) is 1. The van der Waals surface area contributed by atoms with Crippen LogP contribution in [0.25, 0.3) is 0 Å². The van der Waals surface area contributed by atoms with Gasteiger partial charge >= 0.3 is 0 Å². The average molecular weight is 367 g/mol. The van der Waals surface area contributed by atoms with E-state index in [0.717, 1.165) is 24.9 Å². The second kappa shape index (κ2) is 9.31. The van der Waals surface area contributed by atoms with E-state index in [0.29, 0.717) is 12.1 Å². The predicted octanol–water partition coefficient (Wildman–Crippen LogP) is 4.55. The van der Waals surface area contributed by atoms with Crippen molar-refractivity contribution in [3.05, 3.63) is 59.4 Å². The summed E-state index contributed by atoms with van der Waals surface area (Å²) in [5.41, 5.74) is 2.64. The third kappa shape index (κ3) is 6.20. The van der Waals surface area contributed by atoms with Crippen molar-refractivity contribution in [2.45, 2.75) is 52.4 Å². The molecule has 0 aliphatic rings. The highest BCUT2D eigenvalue weighted by molar-refractivity contribution is 6.05. The van der Waals surface area contributed by atoms with Crippen LogP contribution in [0, 0.1) is 0 Å². The van der Waals surface area contributed by atoms with Crippen molar-refractivity contribution >= 4 is 17.5 Å². The fraction of sp³-hybridized carbons (Fsp3) is 0.409. The number of hydrogen-bond acceptors (Lipinski definition) is 3. The number of anilines is 1. The smallest absolute Gasteiger partial charge is 0.269 e. The zero-order valence-electron chi connectivity index (χ0n) is 16.6. The highest BCUT2D eigenvalue weighted by Crippen LogP contribution is 2.23. The van der Waals surface area contributed by atoms with Gasteiger partial charge in [-0.2, -0.15) is 0 Å². The van der Waals surface area contributed by atoms with E-state index in [-0.39, 0.29) is 22.9 Å². The van der Waals surface area contributed by atoms with Crippen molar-refractivity contribution < 1.29 is 9.59 Å². The molecule has 0 atom stereocenters. The van der Waals surface area contributed by atoms with Crippen LogP contribution in [0.4, 0.5) is 5.69 Å². The molecule has 0 unspecified atom stereocenters. The molecule has 2 N–H and O–H groups in total. The van der Waals surface area contributed by atoms with Crippen LogP contribution in [0.1, 0.15) is 73.4 Å². The standard InChI is InChI=1S/C22H29N3O2/c1-5-6-7-13-24-21(27)19-15-16(12-14-23-19)20(26)25-18-10-8-17(9-11-18)22(2,3)4/h8-12,14-15H,5-7,13H2,1-4H3,(H,24,27)(H,25,26). The molecule has 0 fully saturated rings. The minimum absolute atomic E-state index is 0.0625. The van der Waals surface area contributed by atoms with Gasteiger partial charge in [0.1, 0.15) is 5.69 Å². The number of carbonyl (C=O) groups is 2. The first-order valence-corrected chi connectivity index (χ1v) is 9.47. The molecular formula is C22H29N3O2. The maximum atomic E-state index is 12.5. The number of pyridine rings is 1. The van der Waals surface area contributed by atoms with E-state index in [9.17, 15) is 9.59 Å². The lowest BCUT2D eigenvalue weighted by molar-refractivity contribution is 0.0948. The molecule has 1 aromatic heterocycles. The summed E-state index contributed by atoms with van der Waals surface area (Å²) < 4.78 is 0. The summed E-state index contributed by atoms with van der Waals surface area (Å²) in [6.45, 7) is 9.16. The van der Waals surface area contributed by atoms with Crippen molar-refractivity contribution in [2.24, 2.45) is 0 Å². The second-order valence-electron chi connectivity index (χ2n) is 7.67. The summed E-state index contributed by atoms with van der Waals surface area (Å²) >= 11 is 0. The minimum Gasteiger partial charge on any atom is -0.351 e. The molecule has 0 radical (unpaired) electrons. The number of unbranched alkanes of at least 4 members (excludes halogenated alkanes) is 2. The van der Waals surface area contributed by atoms with Crippen LogP contribution in [0.5, 0.6) is 0 Å². The van der Waals surface area contributed by atoms with Crippen molar-refractivity contribution in [3.63, 3.8) is 0 Å². The first-order chi connectivity index (χ1) is 12.8. The van der Waals surface area contributed by atoms with Crippen LogP contribution in [0.15, 0.2) is 42.6 Å². The summed E-state index contributed by atoms with van der Waals surface area (Å²) in [6, 6.07) is 10.9. The SMILES string of the molecule is CCCCCNC(=O)c1cc(C(=O)Nc2ccc(C(C)(C)C)cc2)ccn1. The summed E-state index contributed by atoms with van der Waals surface area (Å²) in [6.07, 6.45) is 4.59. The molecule has 0 aliphatic carbocycles. The third-order valence-corrected chi connectivity index (χ3v) is 4.33. The third-order valence-electron chi connectivity index (χ3n) is 4.33. The average Bonchev–Trinajstić information content (AvgIpc) is 2.65. The molecule has 0 spiro atoms. The molecular weight excluding hydrogens is 338 g/mol. The Morgan fingerprint density at radius 3 is 2.33 bits per heavy atom. The number of nitrogens with one attached hydrogen (secondary N) is 2. The first kappa shape index (κ1) is 20.6. The predicted molar refractivity (Wildman–Crippen MR) is 109 cm³/mol. The summed E-state index contributed by atoms with van der Waals surface area (Å²) in [5.74, 6) is -0.517. The number of carbonyl (C=O) groups excluding carboxylic acids is 2. The molecule has 0 saturated heterocycles. The van der Waals surface area contributed by atoms with E-state index < -0.39 is 0 Å². The van der Waals surface area contributed by atoms with Crippen LogP contribution < -0.4 is 10.6 Å². The fourth-order valence-corrected chi connectivity index (χ4v) is 2.62. The fourth-order valence-electron chi connectivity index (χ4n) is 2.62. The maximum Gasteiger partial charge on any atom is 0.269 e. The lowest BCUT2D eigenvalue weighted by Crippen LogP contribution is -2.25. The molecule has 2 rings (SSSR count).